The molecule has 7 heteroatoms. The number of methoxy groups -OCH3 is 1. The van der Waals surface area contributed by atoms with Gasteiger partial charge in [-0.05, 0) is 23.8 Å². The fraction of sp³-hybridized carbons (Fsp3) is 0.158. The Labute approximate surface area is 160 Å². The summed E-state index contributed by atoms with van der Waals surface area (Å²) in [7, 11) is 1.28. The largest absolute Gasteiger partial charge is 0.467 e. The van der Waals surface area contributed by atoms with Gasteiger partial charge in [-0.25, -0.2) is 4.79 Å². The molecule has 0 unspecified atom stereocenters. The van der Waals surface area contributed by atoms with Gasteiger partial charge in [-0.3, -0.25) is 4.79 Å². The van der Waals surface area contributed by atoms with Crippen molar-refractivity contribution in [3.63, 3.8) is 0 Å². The third kappa shape index (κ3) is 3.69. The molecule has 0 aliphatic heterocycles. The van der Waals surface area contributed by atoms with Crippen LogP contribution in [-0.4, -0.2) is 30.0 Å². The molecule has 1 atom stereocenters. The van der Waals surface area contributed by atoms with E-state index in [1.54, 1.807) is 18.2 Å². The SMILES string of the molecule is COC(=O)[C@@H](Cc1c[nH]c2ccccc12)NC(=O)c1c(Cl)cccc1Cl. The van der Waals surface area contributed by atoms with Gasteiger partial charge in [0.05, 0.1) is 22.7 Å². The van der Waals surface area contributed by atoms with Crippen molar-refractivity contribution in [3.8, 4) is 0 Å². The molecule has 0 spiro atoms. The summed E-state index contributed by atoms with van der Waals surface area (Å²) < 4.78 is 4.84. The second-order valence-corrected chi connectivity index (χ2v) is 6.52. The smallest absolute Gasteiger partial charge is 0.328 e. The van der Waals surface area contributed by atoms with E-state index in [1.807, 2.05) is 30.5 Å². The van der Waals surface area contributed by atoms with Crippen molar-refractivity contribution in [1.29, 1.82) is 0 Å². The fourth-order valence-corrected chi connectivity index (χ4v) is 3.37. The Bertz CT molecular complexity index is 948. The number of carbonyl (C=O) groups excluding carboxylic acids is 2. The van der Waals surface area contributed by atoms with Crippen molar-refractivity contribution < 1.29 is 14.3 Å². The molecule has 2 aromatic carbocycles. The van der Waals surface area contributed by atoms with Crippen LogP contribution < -0.4 is 5.32 Å². The maximum Gasteiger partial charge on any atom is 0.328 e. The van der Waals surface area contributed by atoms with Crippen LogP contribution in [0.2, 0.25) is 10.0 Å². The first-order valence-corrected chi connectivity index (χ1v) is 8.64. The molecule has 0 aliphatic rings. The molecule has 26 heavy (non-hydrogen) atoms. The molecule has 0 saturated carbocycles. The number of hydrogen-bond donors (Lipinski definition) is 2. The molecule has 3 aromatic rings. The average molecular weight is 391 g/mol. The van der Waals surface area contributed by atoms with Gasteiger partial charge < -0.3 is 15.0 Å². The first kappa shape index (κ1) is 18.3. The lowest BCUT2D eigenvalue weighted by Crippen LogP contribution is -2.43. The number of amides is 1. The van der Waals surface area contributed by atoms with Crippen LogP contribution in [0.25, 0.3) is 10.9 Å². The third-order valence-corrected chi connectivity index (χ3v) is 4.71. The highest BCUT2D eigenvalue weighted by Crippen LogP contribution is 2.25. The number of benzene rings is 2. The summed E-state index contributed by atoms with van der Waals surface area (Å²) in [6.07, 6.45) is 2.08. The molecule has 1 heterocycles. The zero-order valence-electron chi connectivity index (χ0n) is 13.9. The average Bonchev–Trinajstić information content (AvgIpc) is 3.03. The summed E-state index contributed by atoms with van der Waals surface area (Å²) in [5.41, 5.74) is 1.97. The third-order valence-electron chi connectivity index (χ3n) is 4.08. The number of nitrogens with one attached hydrogen (secondary N) is 2. The number of aromatic nitrogens is 1. The van der Waals surface area contributed by atoms with E-state index in [4.69, 9.17) is 27.9 Å². The Morgan fingerprint density at radius 2 is 1.81 bits per heavy atom. The highest BCUT2D eigenvalue weighted by atomic mass is 35.5. The Morgan fingerprint density at radius 1 is 1.12 bits per heavy atom. The van der Waals surface area contributed by atoms with Crippen molar-refractivity contribution >= 4 is 46.0 Å². The van der Waals surface area contributed by atoms with Gasteiger partial charge in [-0.2, -0.15) is 0 Å². The highest BCUT2D eigenvalue weighted by molar-refractivity contribution is 6.39. The van der Waals surface area contributed by atoms with E-state index < -0.39 is 17.9 Å². The van der Waals surface area contributed by atoms with Crippen LogP contribution in [0.1, 0.15) is 15.9 Å². The van der Waals surface area contributed by atoms with Crippen molar-refractivity contribution in [2.24, 2.45) is 0 Å². The fourth-order valence-electron chi connectivity index (χ4n) is 2.80. The molecule has 3 rings (SSSR count). The lowest BCUT2D eigenvalue weighted by atomic mass is 10.0. The number of fused-ring (bicyclic) bond motifs is 1. The van der Waals surface area contributed by atoms with E-state index in [2.05, 4.69) is 10.3 Å². The number of H-pyrrole nitrogens is 1. The number of ether oxygens (including phenoxy) is 1. The lowest BCUT2D eigenvalue weighted by Gasteiger charge is -2.17. The zero-order chi connectivity index (χ0) is 18.7. The molecule has 0 radical (unpaired) electrons. The highest BCUT2D eigenvalue weighted by Gasteiger charge is 2.25. The van der Waals surface area contributed by atoms with E-state index in [1.165, 1.54) is 7.11 Å². The maximum absolute atomic E-state index is 12.6. The van der Waals surface area contributed by atoms with Gasteiger partial charge in [0.2, 0.25) is 0 Å². The van der Waals surface area contributed by atoms with Crippen molar-refractivity contribution in [3.05, 3.63) is 69.8 Å². The molecule has 0 fully saturated rings. The van der Waals surface area contributed by atoms with Crippen LogP contribution >= 0.6 is 23.2 Å². The van der Waals surface area contributed by atoms with Crippen molar-refractivity contribution in [2.45, 2.75) is 12.5 Å². The summed E-state index contributed by atoms with van der Waals surface area (Å²) >= 11 is 12.2. The number of carbonyl (C=O) groups is 2. The van der Waals surface area contributed by atoms with Crippen LogP contribution in [0.15, 0.2) is 48.7 Å². The van der Waals surface area contributed by atoms with E-state index in [-0.39, 0.29) is 22.0 Å². The first-order chi connectivity index (χ1) is 12.5. The number of halogens is 2. The molecule has 0 bridgehead atoms. The molecule has 2 N–H and O–H groups in total. The van der Waals surface area contributed by atoms with Crippen LogP contribution in [0, 0.1) is 0 Å². The van der Waals surface area contributed by atoms with E-state index >= 15 is 0 Å². The molecule has 1 aromatic heterocycles. The minimum absolute atomic E-state index is 0.128. The molecule has 0 aliphatic carbocycles. The van der Waals surface area contributed by atoms with Crippen molar-refractivity contribution in [1.82, 2.24) is 10.3 Å². The normalized spacial score (nSPS) is 12.0. The molecular formula is C19H16Cl2N2O3. The topological polar surface area (TPSA) is 71.2 Å². The minimum Gasteiger partial charge on any atom is -0.467 e. The van der Waals surface area contributed by atoms with Gasteiger partial charge in [-0.1, -0.05) is 47.5 Å². The summed E-state index contributed by atoms with van der Waals surface area (Å²) in [6, 6.07) is 11.6. The summed E-state index contributed by atoms with van der Waals surface area (Å²) in [5.74, 6) is -1.08. The second kappa shape index (κ2) is 7.81. The Morgan fingerprint density at radius 3 is 2.50 bits per heavy atom. The van der Waals surface area contributed by atoms with Gasteiger partial charge in [0, 0.05) is 23.5 Å². The van der Waals surface area contributed by atoms with Gasteiger partial charge in [0.15, 0.2) is 0 Å². The molecule has 5 nitrogen and oxygen atoms in total. The second-order valence-electron chi connectivity index (χ2n) is 5.71. The number of para-hydroxylation sites is 1. The van der Waals surface area contributed by atoms with Crippen LogP contribution in [-0.2, 0) is 16.0 Å². The molecular weight excluding hydrogens is 375 g/mol. The van der Waals surface area contributed by atoms with Crippen LogP contribution in [0.3, 0.4) is 0 Å². The molecule has 0 saturated heterocycles. The predicted molar refractivity (Wildman–Crippen MR) is 102 cm³/mol. The van der Waals surface area contributed by atoms with E-state index in [0.29, 0.717) is 0 Å². The zero-order valence-corrected chi connectivity index (χ0v) is 15.4. The predicted octanol–water partition coefficient (Wildman–Crippen LogP) is 3.99. The van der Waals surface area contributed by atoms with Gasteiger partial charge in [-0.15, -0.1) is 0 Å². The van der Waals surface area contributed by atoms with E-state index in [9.17, 15) is 9.59 Å². The Kier molecular flexibility index (Phi) is 5.49. The number of hydrogen-bond acceptors (Lipinski definition) is 3. The maximum atomic E-state index is 12.6. The standard InChI is InChI=1S/C19H16Cl2N2O3/c1-26-19(25)16(9-11-10-22-15-8-3-2-5-12(11)15)23-18(24)17-13(20)6-4-7-14(17)21/h2-8,10,16,22H,9H2,1H3,(H,23,24)/t16-/m1/s1. The number of rotatable bonds is 5. The number of aromatic amines is 1. The first-order valence-electron chi connectivity index (χ1n) is 7.89. The van der Waals surface area contributed by atoms with Gasteiger partial charge >= 0.3 is 5.97 Å². The summed E-state index contributed by atoms with van der Waals surface area (Å²) in [6.45, 7) is 0. The minimum atomic E-state index is -0.876. The van der Waals surface area contributed by atoms with Crippen LogP contribution in [0.4, 0.5) is 0 Å². The molecule has 1 amide bonds. The monoisotopic (exact) mass is 390 g/mol. The Balaban J connectivity index is 1.87. The summed E-state index contributed by atoms with van der Waals surface area (Å²) in [4.78, 5) is 28.0. The van der Waals surface area contributed by atoms with Gasteiger partial charge in [0.1, 0.15) is 6.04 Å². The Hall–Kier alpha value is -2.50. The number of esters is 1. The summed E-state index contributed by atoms with van der Waals surface area (Å²) in [5, 5.41) is 4.08. The van der Waals surface area contributed by atoms with E-state index in [0.717, 1.165) is 16.5 Å². The van der Waals surface area contributed by atoms with Crippen molar-refractivity contribution in [2.75, 3.05) is 7.11 Å². The molecule has 134 valence electrons. The van der Waals surface area contributed by atoms with Gasteiger partial charge in [0.25, 0.3) is 5.91 Å². The lowest BCUT2D eigenvalue weighted by molar-refractivity contribution is -0.142. The quantitative estimate of drug-likeness (QED) is 0.647. The van der Waals surface area contributed by atoms with Crippen LogP contribution in [0.5, 0.6) is 0 Å².